The second-order valence-corrected chi connectivity index (χ2v) is 9.54. The number of benzene rings is 1. The average molecular weight is 483 g/mol. The molecule has 0 aliphatic heterocycles. The summed E-state index contributed by atoms with van der Waals surface area (Å²) in [6, 6.07) is 4.51. The van der Waals surface area contributed by atoms with Crippen LogP contribution in [0.1, 0.15) is 54.8 Å². The summed E-state index contributed by atoms with van der Waals surface area (Å²) in [4.78, 5) is 9.70. The number of aliphatic hydroxyl groups is 1. The summed E-state index contributed by atoms with van der Waals surface area (Å²) in [5.41, 5.74) is 4.49. The second kappa shape index (κ2) is 11.3. The van der Waals surface area contributed by atoms with Crippen LogP contribution in [0.15, 0.2) is 22.7 Å². The SMILES string of the molecule is CNC[C@H](O)COc1ccc(F)c(-c2nc(CC3CCCCC3)c(C)c(-c3c(C)noc3C)n2)c1. The van der Waals surface area contributed by atoms with Crippen LogP contribution in [0.3, 0.4) is 0 Å². The highest BCUT2D eigenvalue weighted by Crippen LogP contribution is 2.35. The summed E-state index contributed by atoms with van der Waals surface area (Å²) in [6.45, 7) is 6.28. The van der Waals surface area contributed by atoms with Crippen molar-refractivity contribution in [1.29, 1.82) is 0 Å². The summed E-state index contributed by atoms with van der Waals surface area (Å²) in [5, 5.41) is 17.0. The first-order valence-electron chi connectivity index (χ1n) is 12.4. The first-order valence-corrected chi connectivity index (χ1v) is 12.4. The molecule has 0 unspecified atom stereocenters. The van der Waals surface area contributed by atoms with Crippen LogP contribution < -0.4 is 10.1 Å². The lowest BCUT2D eigenvalue weighted by molar-refractivity contribution is 0.108. The van der Waals surface area contributed by atoms with Gasteiger partial charge in [-0.1, -0.05) is 37.3 Å². The van der Waals surface area contributed by atoms with Gasteiger partial charge in [-0.25, -0.2) is 14.4 Å². The molecule has 1 atom stereocenters. The third-order valence-corrected chi connectivity index (χ3v) is 6.78. The van der Waals surface area contributed by atoms with Crippen LogP contribution in [-0.4, -0.2) is 46.5 Å². The van der Waals surface area contributed by atoms with E-state index < -0.39 is 11.9 Å². The van der Waals surface area contributed by atoms with Crippen molar-refractivity contribution in [3.05, 3.63) is 46.7 Å². The smallest absolute Gasteiger partial charge is 0.163 e. The van der Waals surface area contributed by atoms with Crippen LogP contribution >= 0.6 is 0 Å². The predicted molar refractivity (Wildman–Crippen MR) is 133 cm³/mol. The molecule has 1 fully saturated rings. The zero-order valence-electron chi connectivity index (χ0n) is 21.0. The number of halogens is 1. The Bertz CT molecular complexity index is 1140. The first-order chi connectivity index (χ1) is 16.9. The zero-order valence-corrected chi connectivity index (χ0v) is 21.0. The largest absolute Gasteiger partial charge is 0.491 e. The van der Waals surface area contributed by atoms with Gasteiger partial charge in [0.15, 0.2) is 5.82 Å². The number of hydrogen-bond acceptors (Lipinski definition) is 7. The Balaban J connectivity index is 1.76. The van der Waals surface area contributed by atoms with Gasteiger partial charge in [-0.05, 0) is 63.9 Å². The summed E-state index contributed by atoms with van der Waals surface area (Å²) >= 11 is 0. The zero-order chi connectivity index (χ0) is 24.9. The molecule has 1 aliphatic carbocycles. The van der Waals surface area contributed by atoms with E-state index in [4.69, 9.17) is 19.2 Å². The second-order valence-electron chi connectivity index (χ2n) is 9.54. The molecular formula is C27H35FN4O3. The lowest BCUT2D eigenvalue weighted by Crippen LogP contribution is -2.29. The Kier molecular flexibility index (Phi) is 8.13. The minimum absolute atomic E-state index is 0.0952. The van der Waals surface area contributed by atoms with E-state index in [0.717, 1.165) is 34.6 Å². The van der Waals surface area contributed by atoms with Crippen molar-refractivity contribution >= 4 is 0 Å². The molecule has 0 radical (unpaired) electrons. The lowest BCUT2D eigenvalue weighted by atomic mass is 9.85. The minimum Gasteiger partial charge on any atom is -0.491 e. The molecule has 0 spiro atoms. The fourth-order valence-electron chi connectivity index (χ4n) is 4.86. The molecule has 2 heterocycles. The normalized spacial score (nSPS) is 15.4. The summed E-state index contributed by atoms with van der Waals surface area (Å²) in [7, 11) is 1.76. The fourth-order valence-corrected chi connectivity index (χ4v) is 4.86. The van der Waals surface area contributed by atoms with E-state index in [-0.39, 0.29) is 12.2 Å². The molecule has 1 saturated carbocycles. The molecule has 3 aromatic rings. The number of likely N-dealkylation sites (N-methyl/N-ethyl adjacent to an activating group) is 1. The van der Waals surface area contributed by atoms with E-state index in [1.807, 2.05) is 20.8 Å². The number of rotatable bonds is 9. The van der Waals surface area contributed by atoms with Crippen molar-refractivity contribution < 1.29 is 18.8 Å². The molecule has 7 nitrogen and oxygen atoms in total. The summed E-state index contributed by atoms with van der Waals surface area (Å²) in [5.74, 6) is 1.58. The van der Waals surface area contributed by atoms with Crippen LogP contribution in [-0.2, 0) is 6.42 Å². The molecule has 1 aliphatic rings. The molecule has 2 aromatic heterocycles. The molecule has 0 bridgehead atoms. The van der Waals surface area contributed by atoms with E-state index in [0.29, 0.717) is 29.8 Å². The highest BCUT2D eigenvalue weighted by molar-refractivity contribution is 5.71. The molecule has 8 heteroatoms. The maximum absolute atomic E-state index is 15.1. The topological polar surface area (TPSA) is 93.3 Å². The first kappa shape index (κ1) is 25.3. The Labute approximate surface area is 206 Å². The van der Waals surface area contributed by atoms with Gasteiger partial charge in [-0.15, -0.1) is 0 Å². The van der Waals surface area contributed by atoms with E-state index in [1.54, 1.807) is 19.2 Å². The van der Waals surface area contributed by atoms with E-state index in [2.05, 4.69) is 10.5 Å². The van der Waals surface area contributed by atoms with Gasteiger partial charge in [0.1, 0.15) is 30.0 Å². The predicted octanol–water partition coefficient (Wildman–Crippen LogP) is 4.94. The Hall–Kier alpha value is -2.84. The van der Waals surface area contributed by atoms with Gasteiger partial charge in [0.2, 0.25) is 0 Å². The minimum atomic E-state index is -0.669. The van der Waals surface area contributed by atoms with Gasteiger partial charge in [-0.2, -0.15) is 0 Å². The van der Waals surface area contributed by atoms with Crippen LogP contribution in [0, 0.1) is 32.5 Å². The highest BCUT2D eigenvalue weighted by atomic mass is 19.1. The summed E-state index contributed by atoms with van der Waals surface area (Å²) < 4.78 is 26.2. The Morgan fingerprint density at radius 1 is 1.17 bits per heavy atom. The van der Waals surface area contributed by atoms with Gasteiger partial charge >= 0.3 is 0 Å². The number of hydrogen-bond donors (Lipinski definition) is 2. The van der Waals surface area contributed by atoms with Gasteiger partial charge in [0.05, 0.1) is 22.5 Å². The van der Waals surface area contributed by atoms with Crippen molar-refractivity contribution in [2.75, 3.05) is 20.2 Å². The number of aromatic nitrogens is 3. The quantitative estimate of drug-likeness (QED) is 0.446. The highest BCUT2D eigenvalue weighted by Gasteiger charge is 2.24. The molecule has 0 amide bonds. The van der Waals surface area contributed by atoms with Crippen LogP contribution in [0.2, 0.25) is 0 Å². The molecule has 1 aromatic carbocycles. The van der Waals surface area contributed by atoms with Crippen LogP contribution in [0.5, 0.6) is 5.75 Å². The van der Waals surface area contributed by atoms with Crippen molar-refractivity contribution in [3.8, 4) is 28.4 Å². The number of nitrogens with one attached hydrogen (secondary N) is 1. The van der Waals surface area contributed by atoms with Crippen LogP contribution in [0.4, 0.5) is 4.39 Å². The summed E-state index contributed by atoms with van der Waals surface area (Å²) in [6.07, 6.45) is 6.31. The van der Waals surface area contributed by atoms with Crippen LogP contribution in [0.25, 0.3) is 22.6 Å². The molecule has 2 N–H and O–H groups in total. The van der Waals surface area contributed by atoms with Crippen molar-refractivity contribution in [2.24, 2.45) is 5.92 Å². The molecule has 188 valence electrons. The third-order valence-electron chi connectivity index (χ3n) is 6.78. The third kappa shape index (κ3) is 5.87. The van der Waals surface area contributed by atoms with E-state index in [9.17, 15) is 5.11 Å². The monoisotopic (exact) mass is 482 g/mol. The Morgan fingerprint density at radius 2 is 1.94 bits per heavy atom. The fraction of sp³-hybridized carbons (Fsp3) is 0.519. The molecule has 0 saturated heterocycles. The van der Waals surface area contributed by atoms with E-state index >= 15 is 4.39 Å². The number of nitrogens with zero attached hydrogens (tertiary/aromatic N) is 3. The van der Waals surface area contributed by atoms with Gasteiger partial charge in [0.25, 0.3) is 0 Å². The molecular weight excluding hydrogens is 447 g/mol. The van der Waals surface area contributed by atoms with Gasteiger partial charge in [0, 0.05) is 12.2 Å². The van der Waals surface area contributed by atoms with Crippen molar-refractivity contribution in [3.63, 3.8) is 0 Å². The van der Waals surface area contributed by atoms with Gasteiger partial charge < -0.3 is 19.7 Å². The van der Waals surface area contributed by atoms with Crippen molar-refractivity contribution in [1.82, 2.24) is 20.4 Å². The number of aliphatic hydroxyl groups excluding tert-OH is 1. The maximum Gasteiger partial charge on any atom is 0.163 e. The van der Waals surface area contributed by atoms with E-state index in [1.165, 1.54) is 38.2 Å². The van der Waals surface area contributed by atoms with Crippen molar-refractivity contribution in [2.45, 2.75) is 65.4 Å². The lowest BCUT2D eigenvalue weighted by Gasteiger charge is -2.23. The molecule has 35 heavy (non-hydrogen) atoms. The van der Waals surface area contributed by atoms with Gasteiger partial charge in [-0.3, -0.25) is 0 Å². The Morgan fingerprint density at radius 3 is 2.63 bits per heavy atom. The average Bonchev–Trinajstić information content (AvgIpc) is 3.18. The number of ether oxygens (including phenoxy) is 1. The maximum atomic E-state index is 15.1. The number of aryl methyl sites for hydroxylation is 2. The molecule has 4 rings (SSSR count). The standard InChI is InChI=1S/C27H35FN4O3/c1-16-24(12-19-8-6-5-7-9-19)30-27(31-26(16)25-17(2)32-35-18(25)3)22-13-21(10-11-23(22)28)34-15-20(33)14-29-4/h10-11,13,19-20,29,33H,5-9,12,14-15H2,1-4H3/t20-/m0/s1.